The van der Waals surface area contributed by atoms with E-state index in [9.17, 15) is 9.90 Å². The fraction of sp³-hybridized carbons (Fsp3) is 0.0833. The van der Waals surface area contributed by atoms with Gasteiger partial charge in [-0.2, -0.15) is 9.67 Å². The maximum absolute atomic E-state index is 12.3. The number of hydrogen-bond donors (Lipinski definition) is 2. The Labute approximate surface area is 200 Å². The lowest BCUT2D eigenvalue weighted by molar-refractivity contribution is -0.625. The largest absolute Gasteiger partial charge is 0.872 e. The van der Waals surface area contributed by atoms with Crippen molar-refractivity contribution in [2.75, 3.05) is 5.75 Å². The van der Waals surface area contributed by atoms with Crippen molar-refractivity contribution in [3.05, 3.63) is 88.9 Å². The summed E-state index contributed by atoms with van der Waals surface area (Å²) in [4.78, 5) is 12.3. The van der Waals surface area contributed by atoms with Crippen LogP contribution in [0.4, 0.5) is 0 Å². The van der Waals surface area contributed by atoms with Crippen LogP contribution in [0, 0.1) is 6.92 Å². The van der Waals surface area contributed by atoms with Crippen LogP contribution in [0.2, 0.25) is 5.02 Å². The van der Waals surface area contributed by atoms with E-state index in [0.29, 0.717) is 15.7 Å². The van der Waals surface area contributed by atoms with Crippen molar-refractivity contribution in [3.8, 4) is 22.8 Å². The van der Waals surface area contributed by atoms with Gasteiger partial charge in [-0.05, 0) is 60.6 Å². The molecule has 0 aliphatic heterocycles. The first-order valence-corrected chi connectivity index (χ1v) is 11.4. The molecule has 0 radical (unpaired) electrons. The van der Waals surface area contributed by atoms with Gasteiger partial charge in [0.25, 0.3) is 11.7 Å². The Morgan fingerprint density at radius 3 is 2.61 bits per heavy atom. The smallest absolute Gasteiger partial charge is 0.342 e. The molecule has 4 rings (SSSR count). The van der Waals surface area contributed by atoms with Crippen LogP contribution < -0.4 is 15.1 Å². The minimum Gasteiger partial charge on any atom is -0.872 e. The molecule has 166 valence electrons. The fourth-order valence-electron chi connectivity index (χ4n) is 3.05. The van der Waals surface area contributed by atoms with E-state index in [4.69, 9.17) is 11.6 Å². The van der Waals surface area contributed by atoms with Crippen LogP contribution in [0.15, 0.2) is 83.1 Å². The third kappa shape index (κ3) is 5.60. The molecule has 0 saturated heterocycles. The number of benzene rings is 3. The summed E-state index contributed by atoms with van der Waals surface area (Å²) < 4.78 is 1.96. The number of nitrogens with zero attached hydrogens (tertiary/aromatic N) is 3. The lowest BCUT2D eigenvalue weighted by Gasteiger charge is -2.07. The molecule has 9 heteroatoms. The summed E-state index contributed by atoms with van der Waals surface area (Å²) in [6, 6.07) is 21.9. The highest BCUT2D eigenvalue weighted by Crippen LogP contribution is 2.22. The lowest BCUT2D eigenvalue weighted by atomic mass is 10.2. The van der Waals surface area contributed by atoms with Crippen LogP contribution in [-0.2, 0) is 4.79 Å². The van der Waals surface area contributed by atoms with Crippen LogP contribution in [0.25, 0.3) is 17.1 Å². The maximum atomic E-state index is 12.3. The summed E-state index contributed by atoms with van der Waals surface area (Å²) in [6.45, 7) is 2.02. The summed E-state index contributed by atoms with van der Waals surface area (Å²) in [6.07, 6.45) is 1.34. The fourth-order valence-corrected chi connectivity index (χ4v) is 3.94. The van der Waals surface area contributed by atoms with E-state index in [1.165, 1.54) is 24.0 Å². The highest BCUT2D eigenvalue weighted by molar-refractivity contribution is 7.99. The van der Waals surface area contributed by atoms with Crippen molar-refractivity contribution < 1.29 is 14.5 Å². The molecule has 0 unspecified atom stereocenters. The average Bonchev–Trinajstić information content (AvgIpc) is 3.24. The van der Waals surface area contributed by atoms with Gasteiger partial charge in [-0.1, -0.05) is 59.3 Å². The number of rotatable bonds is 7. The SMILES string of the molecule is Cc1ccc(-[n+]2c(SCC(=O)NN=Cc3ccccc3[O-])n[nH]c2-c2ccc(Cl)cc2)cc1. The van der Waals surface area contributed by atoms with Gasteiger partial charge < -0.3 is 5.11 Å². The zero-order valence-corrected chi connectivity index (χ0v) is 19.2. The van der Waals surface area contributed by atoms with Crippen LogP contribution in [0.1, 0.15) is 11.1 Å². The van der Waals surface area contributed by atoms with Crippen molar-refractivity contribution in [1.29, 1.82) is 0 Å². The Kier molecular flexibility index (Phi) is 7.07. The predicted octanol–water partition coefficient (Wildman–Crippen LogP) is 3.63. The summed E-state index contributed by atoms with van der Waals surface area (Å²) in [7, 11) is 0. The molecule has 0 aliphatic rings. The molecule has 1 heterocycles. The van der Waals surface area contributed by atoms with E-state index in [0.717, 1.165) is 22.6 Å². The standard InChI is InChI=1S/C24H20ClN5O2S/c1-16-6-12-20(13-7-16)30-23(17-8-10-19(25)11-9-17)28-29-24(30)33-15-22(32)27-26-14-18-4-2-3-5-21(18)31/h2-14H,15H2,1H3,(H2,26,27,31,32). The summed E-state index contributed by atoms with van der Waals surface area (Å²) >= 11 is 7.31. The predicted molar refractivity (Wildman–Crippen MR) is 128 cm³/mol. The number of carbonyl (C=O) groups excluding carboxylic acids is 1. The molecule has 3 aromatic carbocycles. The molecule has 0 atom stereocenters. The second-order valence-electron chi connectivity index (χ2n) is 7.15. The highest BCUT2D eigenvalue weighted by atomic mass is 35.5. The highest BCUT2D eigenvalue weighted by Gasteiger charge is 2.24. The quantitative estimate of drug-likeness (QED) is 0.184. The zero-order chi connectivity index (χ0) is 23.2. The van der Waals surface area contributed by atoms with Gasteiger partial charge in [0.05, 0.1) is 22.6 Å². The summed E-state index contributed by atoms with van der Waals surface area (Å²) in [5.74, 6) is 0.387. The molecule has 7 nitrogen and oxygen atoms in total. The van der Waals surface area contributed by atoms with Gasteiger partial charge in [0.2, 0.25) is 0 Å². The Balaban J connectivity index is 1.52. The van der Waals surface area contributed by atoms with Crippen LogP contribution >= 0.6 is 23.4 Å². The van der Waals surface area contributed by atoms with Gasteiger partial charge in [0, 0.05) is 5.02 Å². The molecule has 0 fully saturated rings. The number of aromatic nitrogens is 3. The van der Waals surface area contributed by atoms with Crippen molar-refractivity contribution >= 4 is 35.5 Å². The monoisotopic (exact) mass is 477 g/mol. The normalized spacial score (nSPS) is 11.1. The number of thioether (sulfide) groups is 1. The molecule has 1 amide bonds. The number of hydrogen-bond acceptors (Lipinski definition) is 5. The molecular weight excluding hydrogens is 458 g/mol. The first-order valence-electron chi connectivity index (χ1n) is 10.1. The lowest BCUT2D eigenvalue weighted by Crippen LogP contribution is -2.34. The first kappa shape index (κ1) is 22.6. The number of hydrazone groups is 1. The molecule has 0 bridgehead atoms. The third-order valence-electron chi connectivity index (χ3n) is 4.73. The van der Waals surface area contributed by atoms with Crippen molar-refractivity contribution in [3.63, 3.8) is 0 Å². The molecule has 33 heavy (non-hydrogen) atoms. The molecular formula is C24H20ClN5O2S. The van der Waals surface area contributed by atoms with Crippen molar-refractivity contribution in [2.24, 2.45) is 5.10 Å². The molecule has 0 spiro atoms. The Bertz CT molecular complexity index is 1290. The third-order valence-corrected chi connectivity index (χ3v) is 5.92. The number of halogens is 1. The van der Waals surface area contributed by atoms with Crippen molar-refractivity contribution in [1.82, 2.24) is 15.6 Å². The second-order valence-corrected chi connectivity index (χ2v) is 8.53. The number of H-pyrrole nitrogens is 1. The number of carbonyl (C=O) groups is 1. The number of para-hydroxylation sites is 1. The Hall–Kier alpha value is -3.62. The van der Waals surface area contributed by atoms with E-state index in [1.54, 1.807) is 18.2 Å². The van der Waals surface area contributed by atoms with Gasteiger partial charge in [-0.3, -0.25) is 4.79 Å². The minimum atomic E-state index is -0.314. The Morgan fingerprint density at radius 1 is 1.15 bits per heavy atom. The number of aryl methyl sites for hydroxylation is 1. The van der Waals surface area contributed by atoms with E-state index in [-0.39, 0.29) is 17.4 Å². The molecule has 0 saturated carbocycles. The molecule has 0 aliphatic carbocycles. The topological polar surface area (TPSA) is 97.1 Å². The average molecular weight is 478 g/mol. The maximum Gasteiger partial charge on any atom is 0.342 e. The van der Waals surface area contributed by atoms with Gasteiger partial charge >= 0.3 is 5.16 Å². The molecule has 1 aromatic heterocycles. The zero-order valence-electron chi connectivity index (χ0n) is 17.7. The number of aromatic amines is 1. The summed E-state index contributed by atoms with van der Waals surface area (Å²) in [5.41, 5.74) is 5.81. The second kappa shape index (κ2) is 10.3. The van der Waals surface area contributed by atoms with Gasteiger partial charge in [-0.25, -0.2) is 5.43 Å². The van der Waals surface area contributed by atoms with E-state index < -0.39 is 0 Å². The van der Waals surface area contributed by atoms with Crippen LogP contribution in [0.5, 0.6) is 5.75 Å². The van der Waals surface area contributed by atoms with Gasteiger partial charge in [0.15, 0.2) is 0 Å². The molecule has 4 aromatic rings. The van der Waals surface area contributed by atoms with Crippen LogP contribution in [0.3, 0.4) is 0 Å². The van der Waals surface area contributed by atoms with E-state index in [1.807, 2.05) is 60.0 Å². The number of amides is 1. The van der Waals surface area contributed by atoms with Crippen LogP contribution in [-0.4, -0.2) is 28.1 Å². The molecule has 2 N–H and O–H groups in total. The summed E-state index contributed by atoms with van der Waals surface area (Å²) in [5, 5.41) is 24.4. The van der Waals surface area contributed by atoms with E-state index >= 15 is 0 Å². The minimum absolute atomic E-state index is 0.0904. The Morgan fingerprint density at radius 2 is 1.88 bits per heavy atom. The first-order chi connectivity index (χ1) is 16.0. The van der Waals surface area contributed by atoms with Gasteiger partial charge in [-0.15, -0.1) is 5.10 Å². The van der Waals surface area contributed by atoms with Crippen molar-refractivity contribution in [2.45, 2.75) is 12.1 Å². The van der Waals surface area contributed by atoms with Gasteiger partial charge in [0.1, 0.15) is 5.69 Å². The number of nitrogens with one attached hydrogen (secondary N) is 2. The van der Waals surface area contributed by atoms with E-state index in [2.05, 4.69) is 20.7 Å².